The predicted octanol–water partition coefficient (Wildman–Crippen LogP) is 4.55. The van der Waals surface area contributed by atoms with Crippen LogP contribution in [0.4, 0.5) is 4.39 Å². The summed E-state index contributed by atoms with van der Waals surface area (Å²) in [7, 11) is 0. The van der Waals surface area contributed by atoms with Gasteiger partial charge >= 0.3 is 0 Å². The van der Waals surface area contributed by atoms with Gasteiger partial charge in [0.1, 0.15) is 5.82 Å². The summed E-state index contributed by atoms with van der Waals surface area (Å²) in [6.45, 7) is 1.98. The van der Waals surface area contributed by atoms with Gasteiger partial charge in [-0.05, 0) is 43.0 Å². The summed E-state index contributed by atoms with van der Waals surface area (Å²) in [5.74, 6) is -0.503. The van der Waals surface area contributed by atoms with Crippen molar-refractivity contribution in [3.63, 3.8) is 0 Å². The molecule has 0 bridgehead atoms. The molecule has 1 aliphatic carbocycles. The SMILES string of the molecule is C[C@H]1[C@H](C(=O)c2ccccc2)CC[C@H]1C(=O)c1ccc(F)cc1. The maximum atomic E-state index is 13.0. The van der Waals surface area contributed by atoms with Crippen molar-refractivity contribution in [2.45, 2.75) is 19.8 Å². The molecule has 23 heavy (non-hydrogen) atoms. The minimum absolute atomic E-state index is 0.000240. The number of ketones is 2. The van der Waals surface area contributed by atoms with Crippen molar-refractivity contribution >= 4 is 11.6 Å². The van der Waals surface area contributed by atoms with E-state index in [1.165, 1.54) is 24.3 Å². The minimum Gasteiger partial charge on any atom is -0.294 e. The molecule has 0 aliphatic heterocycles. The average Bonchev–Trinajstić information content (AvgIpc) is 2.96. The zero-order valence-electron chi connectivity index (χ0n) is 13.0. The second-order valence-corrected chi connectivity index (χ2v) is 6.25. The van der Waals surface area contributed by atoms with Crippen molar-refractivity contribution in [1.82, 2.24) is 0 Å². The van der Waals surface area contributed by atoms with E-state index in [1.807, 2.05) is 37.3 Å². The molecule has 2 aromatic carbocycles. The van der Waals surface area contributed by atoms with Crippen molar-refractivity contribution in [2.75, 3.05) is 0 Å². The molecule has 0 spiro atoms. The first-order valence-corrected chi connectivity index (χ1v) is 7.97. The third-order valence-corrected chi connectivity index (χ3v) is 4.92. The molecule has 0 heterocycles. The van der Waals surface area contributed by atoms with Gasteiger partial charge in [0, 0.05) is 23.0 Å². The summed E-state index contributed by atoms with van der Waals surface area (Å²) in [6, 6.07) is 14.9. The van der Waals surface area contributed by atoms with Crippen LogP contribution in [0.1, 0.15) is 40.5 Å². The largest absolute Gasteiger partial charge is 0.294 e. The Balaban J connectivity index is 1.76. The number of carbonyl (C=O) groups excluding carboxylic acids is 2. The van der Waals surface area contributed by atoms with E-state index in [4.69, 9.17) is 0 Å². The Bertz CT molecular complexity index is 706. The number of hydrogen-bond donors (Lipinski definition) is 0. The normalized spacial score (nSPS) is 23.7. The minimum atomic E-state index is -0.349. The molecule has 0 N–H and O–H groups in total. The van der Waals surface area contributed by atoms with Gasteiger partial charge in [-0.25, -0.2) is 4.39 Å². The van der Waals surface area contributed by atoms with Gasteiger partial charge in [0.05, 0.1) is 0 Å². The zero-order chi connectivity index (χ0) is 16.4. The predicted molar refractivity (Wildman–Crippen MR) is 86.9 cm³/mol. The van der Waals surface area contributed by atoms with Crippen LogP contribution >= 0.6 is 0 Å². The van der Waals surface area contributed by atoms with Gasteiger partial charge in [-0.15, -0.1) is 0 Å². The fraction of sp³-hybridized carbons (Fsp3) is 0.300. The summed E-state index contributed by atoms with van der Waals surface area (Å²) >= 11 is 0. The quantitative estimate of drug-likeness (QED) is 0.776. The number of benzene rings is 2. The van der Waals surface area contributed by atoms with Crippen LogP contribution < -0.4 is 0 Å². The van der Waals surface area contributed by atoms with Crippen LogP contribution in [0, 0.1) is 23.6 Å². The second kappa shape index (κ2) is 6.45. The molecule has 1 saturated carbocycles. The molecule has 2 nitrogen and oxygen atoms in total. The van der Waals surface area contributed by atoms with Crippen molar-refractivity contribution in [2.24, 2.45) is 17.8 Å². The van der Waals surface area contributed by atoms with Crippen molar-refractivity contribution in [1.29, 1.82) is 0 Å². The van der Waals surface area contributed by atoms with E-state index in [2.05, 4.69) is 0 Å². The van der Waals surface area contributed by atoms with E-state index < -0.39 is 0 Å². The summed E-state index contributed by atoms with van der Waals surface area (Å²) in [6.07, 6.45) is 1.44. The molecule has 0 saturated heterocycles. The average molecular weight is 310 g/mol. The van der Waals surface area contributed by atoms with Gasteiger partial charge in [0.15, 0.2) is 11.6 Å². The standard InChI is InChI=1S/C20H19FO2/c1-13-17(19(22)14-5-3-2-4-6-14)11-12-18(13)20(23)15-7-9-16(21)10-8-15/h2-10,13,17-18H,11-12H2,1H3/t13-,17+,18+/m0/s1. The Morgan fingerprint density at radius 3 is 1.83 bits per heavy atom. The van der Waals surface area contributed by atoms with E-state index in [0.29, 0.717) is 17.5 Å². The Morgan fingerprint density at radius 1 is 0.826 bits per heavy atom. The maximum Gasteiger partial charge on any atom is 0.166 e. The third kappa shape index (κ3) is 3.09. The molecule has 1 fully saturated rings. The van der Waals surface area contributed by atoms with Crippen molar-refractivity contribution in [3.8, 4) is 0 Å². The van der Waals surface area contributed by atoms with Crippen LogP contribution in [-0.2, 0) is 0 Å². The lowest BCUT2D eigenvalue weighted by atomic mass is 9.83. The molecular formula is C20H19FO2. The molecular weight excluding hydrogens is 291 g/mol. The number of halogens is 1. The highest BCUT2D eigenvalue weighted by atomic mass is 19.1. The molecule has 0 amide bonds. The van der Waals surface area contributed by atoms with Gasteiger partial charge < -0.3 is 0 Å². The van der Waals surface area contributed by atoms with Gasteiger partial charge in [-0.1, -0.05) is 37.3 Å². The lowest BCUT2D eigenvalue weighted by Gasteiger charge is -2.19. The molecule has 118 valence electrons. The maximum absolute atomic E-state index is 13.0. The van der Waals surface area contributed by atoms with Crippen molar-refractivity contribution < 1.29 is 14.0 Å². The Morgan fingerprint density at radius 2 is 1.30 bits per heavy atom. The van der Waals surface area contributed by atoms with E-state index in [-0.39, 0.29) is 35.1 Å². The fourth-order valence-corrected chi connectivity index (χ4v) is 3.55. The summed E-state index contributed by atoms with van der Waals surface area (Å²) in [5.41, 5.74) is 1.23. The first-order valence-electron chi connectivity index (χ1n) is 7.97. The lowest BCUT2D eigenvalue weighted by molar-refractivity contribution is 0.0842. The highest BCUT2D eigenvalue weighted by Crippen LogP contribution is 2.40. The van der Waals surface area contributed by atoms with Crippen LogP contribution in [-0.4, -0.2) is 11.6 Å². The Labute approximate surface area is 135 Å². The van der Waals surface area contributed by atoms with E-state index in [9.17, 15) is 14.0 Å². The molecule has 0 aromatic heterocycles. The highest BCUT2D eigenvalue weighted by Gasteiger charge is 2.41. The molecule has 3 atom stereocenters. The fourth-order valence-electron chi connectivity index (χ4n) is 3.55. The van der Waals surface area contributed by atoms with E-state index >= 15 is 0 Å². The van der Waals surface area contributed by atoms with Gasteiger partial charge in [0.25, 0.3) is 0 Å². The highest BCUT2D eigenvalue weighted by molar-refractivity contribution is 6.01. The Hall–Kier alpha value is -2.29. The number of Topliss-reactive ketones (excluding diaryl/α,β-unsaturated/α-hetero) is 2. The van der Waals surface area contributed by atoms with Gasteiger partial charge in [0.2, 0.25) is 0 Å². The lowest BCUT2D eigenvalue weighted by Crippen LogP contribution is -2.24. The van der Waals surface area contributed by atoms with E-state index in [1.54, 1.807) is 0 Å². The third-order valence-electron chi connectivity index (χ3n) is 4.92. The molecule has 0 unspecified atom stereocenters. The topological polar surface area (TPSA) is 34.1 Å². The monoisotopic (exact) mass is 310 g/mol. The number of rotatable bonds is 4. The van der Waals surface area contributed by atoms with Crippen molar-refractivity contribution in [3.05, 3.63) is 71.5 Å². The first-order chi connectivity index (χ1) is 11.1. The second-order valence-electron chi connectivity index (χ2n) is 6.25. The molecule has 3 rings (SSSR count). The molecule has 1 aliphatic rings. The molecule has 3 heteroatoms. The van der Waals surface area contributed by atoms with Gasteiger partial charge in [-0.2, -0.15) is 0 Å². The van der Waals surface area contributed by atoms with Crippen LogP contribution in [0.15, 0.2) is 54.6 Å². The Kier molecular flexibility index (Phi) is 4.37. The summed E-state index contributed by atoms with van der Waals surface area (Å²) in [4.78, 5) is 25.3. The van der Waals surface area contributed by atoms with Crippen LogP contribution in [0.5, 0.6) is 0 Å². The zero-order valence-corrected chi connectivity index (χ0v) is 13.0. The molecule has 0 radical (unpaired) electrons. The summed E-state index contributed by atoms with van der Waals surface area (Å²) in [5, 5.41) is 0. The number of hydrogen-bond acceptors (Lipinski definition) is 2. The van der Waals surface area contributed by atoms with E-state index in [0.717, 1.165) is 6.42 Å². The molecule has 2 aromatic rings. The number of carbonyl (C=O) groups is 2. The van der Waals surface area contributed by atoms with Crippen LogP contribution in [0.25, 0.3) is 0 Å². The van der Waals surface area contributed by atoms with Crippen LogP contribution in [0.2, 0.25) is 0 Å². The van der Waals surface area contributed by atoms with Gasteiger partial charge in [-0.3, -0.25) is 9.59 Å². The smallest absolute Gasteiger partial charge is 0.166 e. The summed E-state index contributed by atoms with van der Waals surface area (Å²) < 4.78 is 13.0. The first kappa shape index (κ1) is 15.6. The van der Waals surface area contributed by atoms with Crippen LogP contribution in [0.3, 0.4) is 0 Å².